The van der Waals surface area contributed by atoms with E-state index >= 15 is 0 Å². The molecule has 0 atom stereocenters. The fourth-order valence-electron chi connectivity index (χ4n) is 0.736. The quantitative estimate of drug-likeness (QED) is 0.469. The minimum Gasteiger partial charge on any atom is -0.312 e. The van der Waals surface area contributed by atoms with E-state index in [0.29, 0.717) is 5.71 Å². The molecule has 0 spiro atoms. The van der Waals surface area contributed by atoms with Crippen LogP contribution in [0.4, 0.5) is 0 Å². The zero-order chi connectivity index (χ0) is 5.98. The molecule has 44 valence electrons. The van der Waals surface area contributed by atoms with E-state index in [1.54, 1.807) is 0 Å². The van der Waals surface area contributed by atoms with Crippen LogP contribution in [0.25, 0.3) is 0 Å². The Morgan fingerprint density at radius 1 is 1.62 bits per heavy atom. The lowest BCUT2D eigenvalue weighted by molar-refractivity contribution is 0.729. The van der Waals surface area contributed by atoms with Crippen LogP contribution in [-0.2, 0) is 0 Å². The van der Waals surface area contributed by atoms with Gasteiger partial charge in [0.05, 0.1) is 0 Å². The Balaban J connectivity index is 2.52. The van der Waals surface area contributed by atoms with E-state index in [1.807, 2.05) is 0 Å². The maximum absolute atomic E-state index is 7.26. The first-order valence-corrected chi connectivity index (χ1v) is 2.77. The van der Waals surface area contributed by atoms with Gasteiger partial charge in [0.15, 0.2) is 0 Å². The number of rotatable bonds is 0. The monoisotopic (exact) mass is 110 g/mol. The van der Waals surface area contributed by atoms with Crippen molar-refractivity contribution in [3.8, 4) is 0 Å². The molecule has 8 heavy (non-hydrogen) atoms. The van der Waals surface area contributed by atoms with Crippen LogP contribution in [0.3, 0.4) is 0 Å². The maximum Gasteiger partial charge on any atom is 0.0365 e. The molecular formula is C6H10N2. The van der Waals surface area contributed by atoms with Crippen molar-refractivity contribution in [2.45, 2.75) is 6.42 Å². The predicted octanol–water partition coefficient (Wildman–Crippen LogP) is 0.556. The van der Waals surface area contributed by atoms with Gasteiger partial charge in [0, 0.05) is 25.2 Å². The number of nitrogens with one attached hydrogen (secondary N) is 2. The first kappa shape index (κ1) is 5.51. The van der Waals surface area contributed by atoms with Crippen molar-refractivity contribution < 1.29 is 0 Å². The Labute approximate surface area is 49.1 Å². The standard InChI is InChI=1S/C6H10N2/c1-5-4-8-3-2-6(5)7/h7-8H,1-4H2. The van der Waals surface area contributed by atoms with E-state index < -0.39 is 0 Å². The van der Waals surface area contributed by atoms with Crippen LogP contribution >= 0.6 is 0 Å². The van der Waals surface area contributed by atoms with E-state index in [4.69, 9.17) is 5.41 Å². The summed E-state index contributed by atoms with van der Waals surface area (Å²) in [5.41, 5.74) is 1.65. The summed E-state index contributed by atoms with van der Waals surface area (Å²) in [6.07, 6.45) is 0.846. The molecule has 0 amide bonds. The van der Waals surface area contributed by atoms with E-state index in [0.717, 1.165) is 25.1 Å². The van der Waals surface area contributed by atoms with Gasteiger partial charge in [-0.1, -0.05) is 6.58 Å². The van der Waals surface area contributed by atoms with Crippen molar-refractivity contribution in [1.82, 2.24) is 5.32 Å². The number of hydrogen-bond donors (Lipinski definition) is 2. The lowest BCUT2D eigenvalue weighted by Crippen LogP contribution is -2.29. The molecule has 0 unspecified atom stereocenters. The summed E-state index contributed by atoms with van der Waals surface area (Å²) in [6.45, 7) is 5.45. The highest BCUT2D eigenvalue weighted by Crippen LogP contribution is 1.99. The van der Waals surface area contributed by atoms with E-state index in [1.165, 1.54) is 0 Å². The molecule has 0 aromatic carbocycles. The van der Waals surface area contributed by atoms with Gasteiger partial charge < -0.3 is 10.7 Å². The van der Waals surface area contributed by atoms with Crippen molar-refractivity contribution >= 4 is 5.71 Å². The van der Waals surface area contributed by atoms with Gasteiger partial charge in [0.2, 0.25) is 0 Å². The normalized spacial score (nSPS) is 21.5. The van der Waals surface area contributed by atoms with Crippen LogP contribution in [0.1, 0.15) is 6.42 Å². The molecule has 0 aliphatic carbocycles. The van der Waals surface area contributed by atoms with Gasteiger partial charge in [0.25, 0.3) is 0 Å². The van der Waals surface area contributed by atoms with Crippen LogP contribution in [-0.4, -0.2) is 18.8 Å². The Hall–Kier alpha value is -0.630. The van der Waals surface area contributed by atoms with Crippen molar-refractivity contribution in [2.75, 3.05) is 13.1 Å². The molecule has 0 aromatic heterocycles. The Kier molecular flexibility index (Phi) is 1.44. The molecular weight excluding hydrogens is 100 g/mol. The molecule has 2 nitrogen and oxygen atoms in total. The Morgan fingerprint density at radius 3 is 2.75 bits per heavy atom. The zero-order valence-electron chi connectivity index (χ0n) is 4.83. The topological polar surface area (TPSA) is 35.9 Å². The van der Waals surface area contributed by atoms with Crippen LogP contribution in [0.15, 0.2) is 12.2 Å². The van der Waals surface area contributed by atoms with Gasteiger partial charge >= 0.3 is 0 Å². The number of piperidine rings is 1. The molecule has 1 rings (SSSR count). The van der Waals surface area contributed by atoms with Crippen LogP contribution in [0.2, 0.25) is 0 Å². The average Bonchev–Trinajstić information content (AvgIpc) is 1.77. The summed E-state index contributed by atoms with van der Waals surface area (Å²) in [4.78, 5) is 0. The fraction of sp³-hybridized carbons (Fsp3) is 0.500. The molecule has 2 N–H and O–H groups in total. The second-order valence-electron chi connectivity index (χ2n) is 2.01. The smallest absolute Gasteiger partial charge is 0.0365 e. The van der Waals surface area contributed by atoms with E-state index in [-0.39, 0.29) is 0 Å². The van der Waals surface area contributed by atoms with Gasteiger partial charge in [-0.2, -0.15) is 0 Å². The minimum atomic E-state index is 0.712. The second kappa shape index (κ2) is 2.09. The van der Waals surface area contributed by atoms with Crippen molar-refractivity contribution in [3.05, 3.63) is 12.2 Å². The van der Waals surface area contributed by atoms with Crippen molar-refractivity contribution in [1.29, 1.82) is 5.41 Å². The average molecular weight is 110 g/mol. The molecule has 1 aliphatic rings. The van der Waals surface area contributed by atoms with Gasteiger partial charge in [-0.15, -0.1) is 0 Å². The third-order valence-corrected chi connectivity index (χ3v) is 1.32. The maximum atomic E-state index is 7.26. The summed E-state index contributed by atoms with van der Waals surface area (Å²) in [7, 11) is 0. The summed E-state index contributed by atoms with van der Waals surface area (Å²) < 4.78 is 0. The molecule has 0 saturated carbocycles. The molecule has 0 radical (unpaired) electrons. The molecule has 1 heterocycles. The Morgan fingerprint density at radius 2 is 2.38 bits per heavy atom. The minimum absolute atomic E-state index is 0.712. The van der Waals surface area contributed by atoms with Crippen molar-refractivity contribution in [3.63, 3.8) is 0 Å². The van der Waals surface area contributed by atoms with Crippen LogP contribution < -0.4 is 5.32 Å². The molecule has 0 bridgehead atoms. The molecule has 0 aromatic rings. The lowest BCUT2D eigenvalue weighted by Gasteiger charge is -2.14. The van der Waals surface area contributed by atoms with E-state index in [9.17, 15) is 0 Å². The summed E-state index contributed by atoms with van der Waals surface area (Å²) in [5, 5.41) is 10.4. The van der Waals surface area contributed by atoms with Crippen molar-refractivity contribution in [2.24, 2.45) is 0 Å². The fourth-order valence-corrected chi connectivity index (χ4v) is 0.736. The third-order valence-electron chi connectivity index (χ3n) is 1.32. The first-order chi connectivity index (χ1) is 3.80. The van der Waals surface area contributed by atoms with Gasteiger partial charge in [-0.3, -0.25) is 0 Å². The summed E-state index contributed by atoms with van der Waals surface area (Å²) >= 11 is 0. The number of hydrogen-bond acceptors (Lipinski definition) is 2. The second-order valence-corrected chi connectivity index (χ2v) is 2.01. The van der Waals surface area contributed by atoms with E-state index in [2.05, 4.69) is 11.9 Å². The zero-order valence-corrected chi connectivity index (χ0v) is 4.83. The van der Waals surface area contributed by atoms with Gasteiger partial charge in [-0.25, -0.2) is 0 Å². The van der Waals surface area contributed by atoms with Crippen LogP contribution in [0.5, 0.6) is 0 Å². The first-order valence-electron chi connectivity index (χ1n) is 2.77. The summed E-state index contributed by atoms with van der Waals surface area (Å²) in [5.74, 6) is 0. The highest BCUT2D eigenvalue weighted by atomic mass is 14.9. The molecule has 1 fully saturated rings. The highest BCUT2D eigenvalue weighted by molar-refractivity contribution is 5.98. The van der Waals surface area contributed by atoms with Gasteiger partial charge in [0.1, 0.15) is 0 Å². The van der Waals surface area contributed by atoms with Gasteiger partial charge in [-0.05, 0) is 5.57 Å². The SMILES string of the molecule is C=C1CNCCC1=N. The highest BCUT2D eigenvalue weighted by Gasteiger charge is 2.06. The third kappa shape index (κ3) is 0.954. The predicted molar refractivity (Wildman–Crippen MR) is 34.4 cm³/mol. The lowest BCUT2D eigenvalue weighted by atomic mass is 10.1. The van der Waals surface area contributed by atoms with Crippen LogP contribution in [0, 0.1) is 5.41 Å². The Bertz CT molecular complexity index is 110. The molecule has 1 aliphatic heterocycles. The summed E-state index contributed by atoms with van der Waals surface area (Å²) in [6, 6.07) is 0. The largest absolute Gasteiger partial charge is 0.312 e. The molecule has 1 saturated heterocycles. The molecule has 2 heteroatoms.